The quantitative estimate of drug-likeness (QED) is 0.753. The van der Waals surface area contributed by atoms with Crippen LogP contribution in [0.3, 0.4) is 0 Å². The summed E-state index contributed by atoms with van der Waals surface area (Å²) in [7, 11) is -3.62. The fourth-order valence-corrected chi connectivity index (χ4v) is 4.98. The van der Waals surface area contributed by atoms with E-state index in [4.69, 9.17) is 10.5 Å². The maximum Gasteiger partial charge on any atom is 0.254 e. The lowest BCUT2D eigenvalue weighted by atomic mass is 9.85. The summed E-state index contributed by atoms with van der Waals surface area (Å²) in [6.45, 7) is 2.67. The van der Waals surface area contributed by atoms with Gasteiger partial charge in [0.2, 0.25) is 10.0 Å². The molecular formula is C18H28ClN3O4S. The zero-order valence-corrected chi connectivity index (χ0v) is 16.9. The summed E-state index contributed by atoms with van der Waals surface area (Å²) in [5.41, 5.74) is 6.28. The number of nitrogens with one attached hydrogen (secondary N) is 1. The van der Waals surface area contributed by atoms with E-state index in [9.17, 15) is 13.2 Å². The fourth-order valence-electron chi connectivity index (χ4n) is 3.64. The topological polar surface area (TPSA) is 102 Å². The molecule has 0 spiro atoms. The summed E-state index contributed by atoms with van der Waals surface area (Å²) in [6.07, 6.45) is 3.88. The molecule has 1 aromatic rings. The van der Waals surface area contributed by atoms with E-state index in [-0.39, 0.29) is 35.2 Å². The molecule has 2 aliphatic rings. The van der Waals surface area contributed by atoms with Crippen molar-refractivity contribution in [2.24, 2.45) is 11.7 Å². The molecule has 2 atom stereocenters. The van der Waals surface area contributed by atoms with E-state index < -0.39 is 10.0 Å². The minimum atomic E-state index is -3.62. The first kappa shape index (κ1) is 22.1. The number of benzene rings is 1. The number of sulfonamides is 1. The number of nitrogens with two attached hydrogens (primary N) is 1. The predicted octanol–water partition coefficient (Wildman–Crippen LogP) is 1.38. The van der Waals surface area contributed by atoms with Crippen molar-refractivity contribution in [1.82, 2.24) is 9.62 Å². The van der Waals surface area contributed by atoms with Crippen molar-refractivity contribution in [3.8, 4) is 0 Å². The van der Waals surface area contributed by atoms with Crippen molar-refractivity contribution < 1.29 is 17.9 Å². The third-order valence-electron chi connectivity index (χ3n) is 5.23. The van der Waals surface area contributed by atoms with Crippen molar-refractivity contribution in [3.63, 3.8) is 0 Å². The Morgan fingerprint density at radius 1 is 1.15 bits per heavy atom. The molecule has 9 heteroatoms. The van der Waals surface area contributed by atoms with Gasteiger partial charge in [0.25, 0.3) is 5.91 Å². The van der Waals surface area contributed by atoms with Crippen LogP contribution in [0.5, 0.6) is 0 Å². The highest BCUT2D eigenvalue weighted by atomic mass is 35.5. The number of hydrogen-bond donors (Lipinski definition) is 2. The molecule has 1 saturated carbocycles. The van der Waals surface area contributed by atoms with Crippen molar-refractivity contribution >= 4 is 28.3 Å². The highest BCUT2D eigenvalue weighted by Gasteiger charge is 2.29. The lowest BCUT2D eigenvalue weighted by molar-refractivity contribution is 0.0303. The maximum atomic E-state index is 12.7. The number of carbonyl (C=O) groups excluding carboxylic acids is 1. The van der Waals surface area contributed by atoms with E-state index in [1.54, 1.807) is 17.0 Å². The Labute approximate surface area is 167 Å². The minimum Gasteiger partial charge on any atom is -0.378 e. The van der Waals surface area contributed by atoms with Crippen LogP contribution in [0.15, 0.2) is 29.2 Å². The predicted molar refractivity (Wildman–Crippen MR) is 106 cm³/mol. The van der Waals surface area contributed by atoms with Gasteiger partial charge in [0.15, 0.2) is 0 Å². The number of rotatable bonds is 5. The van der Waals surface area contributed by atoms with Gasteiger partial charge in [-0.2, -0.15) is 0 Å². The Balaban J connectivity index is 0.00000261. The molecule has 2 fully saturated rings. The zero-order chi connectivity index (χ0) is 18.6. The van der Waals surface area contributed by atoms with E-state index in [1.165, 1.54) is 12.1 Å². The molecule has 1 heterocycles. The van der Waals surface area contributed by atoms with Gasteiger partial charge in [-0.1, -0.05) is 12.8 Å². The fraction of sp³-hybridized carbons (Fsp3) is 0.611. The van der Waals surface area contributed by atoms with Crippen LogP contribution in [0.25, 0.3) is 0 Å². The molecule has 0 radical (unpaired) electrons. The lowest BCUT2D eigenvalue weighted by Crippen LogP contribution is -2.44. The van der Waals surface area contributed by atoms with Gasteiger partial charge in [0.1, 0.15) is 0 Å². The van der Waals surface area contributed by atoms with Crippen LogP contribution in [-0.2, 0) is 14.8 Å². The third kappa shape index (κ3) is 5.42. The van der Waals surface area contributed by atoms with Crippen LogP contribution in [0.4, 0.5) is 0 Å². The van der Waals surface area contributed by atoms with Crippen LogP contribution in [0.2, 0.25) is 0 Å². The van der Waals surface area contributed by atoms with Crippen molar-refractivity contribution in [2.45, 2.75) is 36.6 Å². The van der Waals surface area contributed by atoms with Crippen LogP contribution in [0, 0.1) is 5.92 Å². The number of halogens is 1. The van der Waals surface area contributed by atoms with E-state index in [0.29, 0.717) is 38.4 Å². The van der Waals surface area contributed by atoms with Gasteiger partial charge in [-0.25, -0.2) is 13.1 Å². The van der Waals surface area contributed by atoms with E-state index >= 15 is 0 Å². The molecule has 2 unspecified atom stereocenters. The summed E-state index contributed by atoms with van der Waals surface area (Å²) >= 11 is 0. The Morgan fingerprint density at radius 2 is 1.78 bits per heavy atom. The van der Waals surface area contributed by atoms with Gasteiger partial charge < -0.3 is 15.4 Å². The van der Waals surface area contributed by atoms with Crippen molar-refractivity contribution in [2.75, 3.05) is 32.8 Å². The molecule has 152 valence electrons. The standard InChI is InChI=1S/C18H27N3O4S.ClH/c19-13-15-3-1-2-4-17(15)20-26(23,24)16-7-5-14(6-8-16)18(22)21-9-11-25-12-10-21;/h5-8,15,17,20H,1-4,9-13,19H2;1H. The molecule has 0 aromatic heterocycles. The van der Waals surface area contributed by atoms with Crippen LogP contribution in [0.1, 0.15) is 36.0 Å². The minimum absolute atomic E-state index is 0. The SMILES string of the molecule is Cl.NCC1CCCCC1NS(=O)(=O)c1ccc(C(=O)N2CCOCC2)cc1. The summed E-state index contributed by atoms with van der Waals surface area (Å²) in [6, 6.07) is 6.03. The molecule has 3 rings (SSSR count). The second-order valence-corrected chi connectivity index (χ2v) is 8.65. The molecule has 0 bridgehead atoms. The first-order chi connectivity index (χ1) is 12.5. The van der Waals surface area contributed by atoms with Gasteiger partial charge in [0.05, 0.1) is 18.1 Å². The molecule has 27 heavy (non-hydrogen) atoms. The maximum absolute atomic E-state index is 12.7. The van der Waals surface area contributed by atoms with E-state index in [1.807, 2.05) is 0 Å². The number of ether oxygens (including phenoxy) is 1. The first-order valence-electron chi connectivity index (χ1n) is 9.21. The number of hydrogen-bond acceptors (Lipinski definition) is 5. The number of amides is 1. The van der Waals surface area contributed by atoms with Gasteiger partial charge in [-0.3, -0.25) is 4.79 Å². The first-order valence-corrected chi connectivity index (χ1v) is 10.7. The Kier molecular flexibility index (Phi) is 8.05. The van der Waals surface area contributed by atoms with E-state index in [0.717, 1.165) is 25.7 Å². The Bertz CT molecular complexity index is 721. The highest BCUT2D eigenvalue weighted by molar-refractivity contribution is 7.89. The van der Waals surface area contributed by atoms with Crippen molar-refractivity contribution in [3.05, 3.63) is 29.8 Å². The van der Waals surface area contributed by atoms with Gasteiger partial charge in [-0.15, -0.1) is 12.4 Å². The van der Waals surface area contributed by atoms with Gasteiger partial charge >= 0.3 is 0 Å². The van der Waals surface area contributed by atoms with Crippen LogP contribution in [-0.4, -0.2) is 58.1 Å². The monoisotopic (exact) mass is 417 g/mol. The second-order valence-electron chi connectivity index (χ2n) is 6.94. The van der Waals surface area contributed by atoms with E-state index in [2.05, 4.69) is 4.72 Å². The summed E-state index contributed by atoms with van der Waals surface area (Å²) in [5, 5.41) is 0. The molecule has 1 amide bonds. The van der Waals surface area contributed by atoms with Crippen molar-refractivity contribution in [1.29, 1.82) is 0 Å². The number of morpholine rings is 1. The van der Waals surface area contributed by atoms with Crippen LogP contribution < -0.4 is 10.5 Å². The largest absolute Gasteiger partial charge is 0.378 e. The summed E-state index contributed by atoms with van der Waals surface area (Å²) in [5.74, 6) is 0.0846. The Hall–Kier alpha value is -1.19. The Morgan fingerprint density at radius 3 is 2.41 bits per heavy atom. The molecule has 1 aromatic carbocycles. The normalized spacial score (nSPS) is 23.5. The molecule has 3 N–H and O–H groups in total. The molecule has 1 aliphatic heterocycles. The van der Waals surface area contributed by atoms with Gasteiger partial charge in [-0.05, 0) is 49.6 Å². The molecule has 1 saturated heterocycles. The van der Waals surface area contributed by atoms with Gasteiger partial charge in [0, 0.05) is 24.7 Å². The second kappa shape index (κ2) is 9.84. The zero-order valence-electron chi connectivity index (χ0n) is 15.3. The van der Waals surface area contributed by atoms with Crippen LogP contribution >= 0.6 is 12.4 Å². The highest BCUT2D eigenvalue weighted by Crippen LogP contribution is 2.25. The molecular weight excluding hydrogens is 390 g/mol. The molecule has 1 aliphatic carbocycles. The molecule has 7 nitrogen and oxygen atoms in total. The number of carbonyl (C=O) groups is 1. The number of nitrogens with zero attached hydrogens (tertiary/aromatic N) is 1. The smallest absolute Gasteiger partial charge is 0.254 e. The summed E-state index contributed by atoms with van der Waals surface area (Å²) in [4.78, 5) is 14.4. The average Bonchev–Trinajstić information content (AvgIpc) is 2.68. The summed E-state index contributed by atoms with van der Waals surface area (Å²) < 4.78 is 33.4. The lowest BCUT2D eigenvalue weighted by Gasteiger charge is -2.31. The third-order valence-corrected chi connectivity index (χ3v) is 6.73. The average molecular weight is 418 g/mol.